The molecule has 18 heteroatoms. The van der Waals surface area contributed by atoms with Crippen LogP contribution >= 0.6 is 0 Å². The predicted octanol–water partition coefficient (Wildman–Crippen LogP) is 2.43. The Morgan fingerprint density at radius 1 is 0.676 bits per heavy atom. The summed E-state index contributed by atoms with van der Waals surface area (Å²) in [6.45, 7) is 6.31. The molecule has 0 aliphatic carbocycles. The van der Waals surface area contributed by atoms with Crippen LogP contribution in [0.1, 0.15) is 78.3 Å². The number of carbonyl (C=O) groups excluding carboxylic acids is 6. The lowest BCUT2D eigenvalue weighted by Crippen LogP contribution is -2.57. The Bertz CT molecular complexity index is 2460. The van der Waals surface area contributed by atoms with Crippen molar-refractivity contribution in [2.75, 3.05) is 39.8 Å². The van der Waals surface area contributed by atoms with Crippen molar-refractivity contribution in [3.63, 3.8) is 0 Å². The fourth-order valence-electron chi connectivity index (χ4n) is 9.38. The molecular weight excluding hydrogens is 939 g/mol. The highest BCUT2D eigenvalue weighted by molar-refractivity contribution is 5.94. The molecule has 0 radical (unpaired) electrons. The van der Waals surface area contributed by atoms with Gasteiger partial charge in [0.25, 0.3) is 0 Å². The summed E-state index contributed by atoms with van der Waals surface area (Å²) < 4.78 is 0. The Morgan fingerprint density at radius 2 is 1.18 bits per heavy atom. The monoisotopic (exact) mass is 1020 g/mol. The number of nitrogens with two attached hydrogens (primary N) is 4. The quantitative estimate of drug-likeness (QED) is 0.0226. The lowest BCUT2D eigenvalue weighted by Gasteiger charge is -2.32. The molecular formula is C56H77N11O7. The number of aromatic hydroxyl groups is 1. The first kappa shape index (κ1) is 57.6. The van der Waals surface area contributed by atoms with E-state index < -0.39 is 65.7 Å². The van der Waals surface area contributed by atoms with E-state index in [4.69, 9.17) is 22.9 Å². The molecule has 74 heavy (non-hydrogen) atoms. The SMILES string of the molecule is Cc1cc(O)cc(C)c1C[C@@H](N)C(=O)N[C@H](CCCN=C(N)N)C(=O)N[C@@H](Cc1ccccc1)C(=O)N(C)CCC(=O)N[C@@H](CCCN1CCC(Cc2ccccc2)CC1)C(=O)N[C@@H](Cc1ccccc1)C(N)=O. The average molecular weight is 1020 g/mol. The van der Waals surface area contributed by atoms with Crippen molar-refractivity contribution in [1.82, 2.24) is 31.1 Å². The number of carbonyl (C=O) groups is 6. The molecule has 0 saturated carbocycles. The number of phenols is 1. The van der Waals surface area contributed by atoms with E-state index in [0.717, 1.165) is 66.7 Å². The summed E-state index contributed by atoms with van der Waals surface area (Å²) in [4.78, 5) is 90.3. The van der Waals surface area contributed by atoms with Crippen LogP contribution in [0.25, 0.3) is 0 Å². The number of phenolic OH excluding ortho intramolecular Hbond substituents is 1. The van der Waals surface area contributed by atoms with Gasteiger partial charge in [0, 0.05) is 39.4 Å². The molecule has 0 aromatic heterocycles. The molecule has 18 nitrogen and oxygen atoms in total. The van der Waals surface area contributed by atoms with Gasteiger partial charge >= 0.3 is 0 Å². The van der Waals surface area contributed by atoms with Gasteiger partial charge in [-0.05, 0) is 136 Å². The second-order valence-corrected chi connectivity index (χ2v) is 19.5. The molecule has 1 fully saturated rings. The molecule has 0 bridgehead atoms. The highest BCUT2D eigenvalue weighted by Gasteiger charge is 2.32. The maximum Gasteiger partial charge on any atom is 0.245 e. The lowest BCUT2D eigenvalue weighted by molar-refractivity contribution is -0.137. The molecule has 5 rings (SSSR count). The third-order valence-electron chi connectivity index (χ3n) is 13.6. The topological polar surface area (TPSA) is 294 Å². The summed E-state index contributed by atoms with van der Waals surface area (Å²) in [5.74, 6) is -2.91. The van der Waals surface area contributed by atoms with Crippen LogP contribution in [-0.2, 0) is 54.5 Å². The van der Waals surface area contributed by atoms with E-state index in [2.05, 4.69) is 55.4 Å². The van der Waals surface area contributed by atoms with Crippen LogP contribution < -0.4 is 44.2 Å². The molecule has 0 unspecified atom stereocenters. The molecule has 1 aliphatic rings. The first-order valence-corrected chi connectivity index (χ1v) is 25.6. The molecule has 1 aliphatic heterocycles. The van der Waals surface area contributed by atoms with Crippen LogP contribution in [0, 0.1) is 19.8 Å². The average Bonchev–Trinajstić information content (AvgIpc) is 3.37. The minimum Gasteiger partial charge on any atom is -0.508 e. The van der Waals surface area contributed by atoms with E-state index in [-0.39, 0.29) is 56.9 Å². The molecule has 6 amide bonds. The predicted molar refractivity (Wildman–Crippen MR) is 287 cm³/mol. The van der Waals surface area contributed by atoms with Gasteiger partial charge in [0.1, 0.15) is 29.9 Å². The molecule has 1 heterocycles. The third-order valence-corrected chi connectivity index (χ3v) is 13.6. The summed E-state index contributed by atoms with van der Waals surface area (Å²) in [5, 5.41) is 21.3. The van der Waals surface area contributed by atoms with Gasteiger partial charge in [0.15, 0.2) is 5.96 Å². The molecule has 0 spiro atoms. The summed E-state index contributed by atoms with van der Waals surface area (Å²) in [5.41, 5.74) is 28.5. The summed E-state index contributed by atoms with van der Waals surface area (Å²) in [6, 6.07) is 26.6. The lowest BCUT2D eigenvalue weighted by atomic mass is 9.90. The zero-order chi connectivity index (χ0) is 53.6. The van der Waals surface area contributed by atoms with Gasteiger partial charge < -0.3 is 59.1 Å². The van der Waals surface area contributed by atoms with Crippen molar-refractivity contribution in [1.29, 1.82) is 0 Å². The number of hydrogen-bond donors (Lipinski definition) is 9. The highest BCUT2D eigenvalue weighted by Crippen LogP contribution is 2.23. The summed E-state index contributed by atoms with van der Waals surface area (Å²) in [6.07, 6.45) is 4.69. The van der Waals surface area contributed by atoms with E-state index in [1.165, 1.54) is 17.5 Å². The van der Waals surface area contributed by atoms with Gasteiger partial charge in [-0.1, -0.05) is 91.0 Å². The molecule has 4 aromatic carbocycles. The normalized spacial score (nSPS) is 14.8. The van der Waals surface area contributed by atoms with Crippen molar-refractivity contribution in [2.45, 2.75) is 115 Å². The zero-order valence-electron chi connectivity index (χ0n) is 43.1. The van der Waals surface area contributed by atoms with Gasteiger partial charge in [-0.25, -0.2) is 0 Å². The first-order chi connectivity index (χ1) is 35.4. The van der Waals surface area contributed by atoms with Crippen LogP contribution in [0.3, 0.4) is 0 Å². The number of likely N-dealkylation sites (tertiary alicyclic amines) is 1. The number of aryl methyl sites for hydroxylation is 2. The highest BCUT2D eigenvalue weighted by atomic mass is 16.3. The van der Waals surface area contributed by atoms with Gasteiger partial charge in [-0.15, -0.1) is 0 Å². The Labute approximate surface area is 435 Å². The number of benzene rings is 4. The second-order valence-electron chi connectivity index (χ2n) is 19.5. The summed E-state index contributed by atoms with van der Waals surface area (Å²) in [7, 11) is 1.52. The minimum atomic E-state index is -1.14. The largest absolute Gasteiger partial charge is 0.508 e. The van der Waals surface area contributed by atoms with Gasteiger partial charge in [-0.3, -0.25) is 33.8 Å². The fourth-order valence-corrected chi connectivity index (χ4v) is 9.38. The zero-order valence-corrected chi connectivity index (χ0v) is 43.1. The van der Waals surface area contributed by atoms with E-state index >= 15 is 0 Å². The van der Waals surface area contributed by atoms with Crippen molar-refractivity contribution >= 4 is 41.4 Å². The van der Waals surface area contributed by atoms with Crippen LogP contribution in [0.4, 0.5) is 0 Å². The number of amides is 6. The van der Waals surface area contributed by atoms with E-state index in [1.807, 2.05) is 80.6 Å². The van der Waals surface area contributed by atoms with Crippen molar-refractivity contribution in [3.8, 4) is 5.75 Å². The number of aliphatic imine (C=N–C) groups is 1. The molecule has 398 valence electrons. The second kappa shape index (κ2) is 29.4. The van der Waals surface area contributed by atoms with Crippen LogP contribution in [0.5, 0.6) is 5.75 Å². The standard InChI is InChI=1S/C56H77N11O7/c1-37-31-43(68)32-38(2)44(37)36-45(57)52(71)63-47(21-13-26-61-56(59)60)54(73)65-49(35-41-19-11-6-12-20-41)55(74)66(3)28-25-50(69)62-46(53(72)64-48(51(58)70)34-40-17-9-5-10-18-40)22-14-27-67-29-23-42(24-30-67)33-39-15-7-4-8-16-39/h4-12,15-20,31-32,42,45-49,68H,13-14,21-30,33-36,57H2,1-3H3,(H2,58,70)(H,62,69)(H,63,71)(H,64,72)(H,65,73)(H4,59,60,61)/t45-,46+,47-,48+,49+/m1/s1. The van der Waals surface area contributed by atoms with Gasteiger partial charge in [0.05, 0.1) is 6.04 Å². The Balaban J connectivity index is 1.24. The van der Waals surface area contributed by atoms with Gasteiger partial charge in [-0.2, -0.15) is 0 Å². The number of nitrogens with one attached hydrogen (secondary N) is 4. The Hall–Kier alpha value is -7.31. The molecule has 1 saturated heterocycles. The number of likely N-dealkylation sites (N-methyl/N-ethyl adjacent to an activating group) is 1. The number of nitrogens with zero attached hydrogens (tertiary/aromatic N) is 3. The van der Waals surface area contributed by atoms with E-state index in [9.17, 15) is 33.9 Å². The van der Waals surface area contributed by atoms with Crippen LogP contribution in [0.15, 0.2) is 108 Å². The van der Waals surface area contributed by atoms with Crippen LogP contribution in [0.2, 0.25) is 0 Å². The number of primary amides is 1. The van der Waals surface area contributed by atoms with Crippen molar-refractivity contribution in [2.24, 2.45) is 33.8 Å². The number of hydrogen-bond acceptors (Lipinski definition) is 10. The smallest absolute Gasteiger partial charge is 0.245 e. The number of guanidine groups is 1. The Kier molecular flexibility index (Phi) is 22.9. The van der Waals surface area contributed by atoms with Crippen molar-refractivity contribution in [3.05, 3.63) is 137 Å². The fraction of sp³-hybridized carbons (Fsp3) is 0.446. The van der Waals surface area contributed by atoms with Crippen molar-refractivity contribution < 1.29 is 33.9 Å². The van der Waals surface area contributed by atoms with Crippen LogP contribution in [-0.4, -0.2) is 126 Å². The van der Waals surface area contributed by atoms with Gasteiger partial charge in [0.2, 0.25) is 35.4 Å². The van der Waals surface area contributed by atoms with E-state index in [1.54, 1.807) is 12.1 Å². The third kappa shape index (κ3) is 19.3. The molecule has 5 atom stereocenters. The number of piperidine rings is 1. The molecule has 4 aromatic rings. The first-order valence-electron chi connectivity index (χ1n) is 25.6. The summed E-state index contributed by atoms with van der Waals surface area (Å²) >= 11 is 0. The molecule has 13 N–H and O–H groups in total. The maximum absolute atomic E-state index is 14.3. The van der Waals surface area contributed by atoms with E-state index in [0.29, 0.717) is 25.2 Å². The number of rotatable bonds is 28. The minimum absolute atomic E-state index is 0.0698. The maximum atomic E-state index is 14.3. The Morgan fingerprint density at radius 3 is 1.73 bits per heavy atom.